The van der Waals surface area contributed by atoms with Gasteiger partial charge < -0.3 is 0 Å². The van der Waals surface area contributed by atoms with Gasteiger partial charge in [0.2, 0.25) is 0 Å². The number of fused-ring (bicyclic) bond motifs is 9. The van der Waals surface area contributed by atoms with Crippen LogP contribution in [0.5, 0.6) is 0 Å². The molecule has 0 heteroatoms. The fourth-order valence-electron chi connectivity index (χ4n) is 5.16. The third-order valence-corrected chi connectivity index (χ3v) is 6.21. The minimum Gasteiger partial charge on any atom is -0.117 e. The Balaban J connectivity index is 1.85. The fraction of sp³-hybridized carbons (Fsp3) is 0.0741. The van der Waals surface area contributed by atoms with Crippen LogP contribution in [0.3, 0.4) is 0 Å². The van der Waals surface area contributed by atoms with E-state index in [1.165, 1.54) is 44.5 Å². The number of hydrogen-bond acceptors (Lipinski definition) is 0. The first-order valence-electron chi connectivity index (χ1n) is 9.47. The maximum absolute atomic E-state index is 3.51. The van der Waals surface area contributed by atoms with E-state index in [0.717, 1.165) is 5.57 Å². The summed E-state index contributed by atoms with van der Waals surface area (Å²) in [6, 6.07) is 26.7. The zero-order chi connectivity index (χ0) is 18.0. The van der Waals surface area contributed by atoms with Crippen molar-refractivity contribution < 1.29 is 0 Å². The van der Waals surface area contributed by atoms with Crippen molar-refractivity contribution in [3.63, 3.8) is 0 Å². The van der Waals surface area contributed by atoms with Crippen LogP contribution in [0.15, 0.2) is 108 Å². The Morgan fingerprint density at radius 2 is 1.15 bits per heavy atom. The summed E-state index contributed by atoms with van der Waals surface area (Å²) in [4.78, 5) is 0. The molecule has 0 saturated heterocycles. The highest BCUT2D eigenvalue weighted by Crippen LogP contribution is 2.62. The van der Waals surface area contributed by atoms with E-state index >= 15 is 0 Å². The molecule has 0 N–H and O–H groups in total. The van der Waals surface area contributed by atoms with E-state index in [1.54, 1.807) is 0 Å². The Kier molecular flexibility index (Phi) is 2.79. The quantitative estimate of drug-likeness (QED) is 0.412. The molecule has 27 heavy (non-hydrogen) atoms. The molecule has 0 radical (unpaired) electrons. The molecule has 0 atom stereocenters. The minimum absolute atomic E-state index is 0.249. The molecule has 0 nitrogen and oxygen atoms in total. The molecule has 0 aromatic heterocycles. The van der Waals surface area contributed by atoms with Crippen LogP contribution in [0.25, 0.3) is 16.7 Å². The molecule has 0 bridgehead atoms. The normalized spacial score (nSPS) is 17.3. The van der Waals surface area contributed by atoms with Gasteiger partial charge >= 0.3 is 0 Å². The molecule has 1 spiro atoms. The van der Waals surface area contributed by atoms with Crippen molar-refractivity contribution >= 4 is 5.57 Å². The van der Waals surface area contributed by atoms with E-state index in [4.69, 9.17) is 0 Å². The fourth-order valence-corrected chi connectivity index (χ4v) is 5.16. The van der Waals surface area contributed by atoms with Gasteiger partial charge in [0, 0.05) is 0 Å². The molecule has 0 aliphatic heterocycles. The van der Waals surface area contributed by atoms with Gasteiger partial charge in [-0.25, -0.2) is 0 Å². The average molecular weight is 342 g/mol. The number of benzene rings is 3. The van der Waals surface area contributed by atoms with Crippen LogP contribution in [0.2, 0.25) is 0 Å². The topological polar surface area (TPSA) is 0 Å². The Morgan fingerprint density at radius 3 is 1.78 bits per heavy atom. The van der Waals surface area contributed by atoms with Gasteiger partial charge in [-0.1, -0.05) is 84.9 Å². The second-order valence-electron chi connectivity index (χ2n) is 7.52. The predicted molar refractivity (Wildman–Crippen MR) is 112 cm³/mol. The molecule has 0 saturated carbocycles. The van der Waals surface area contributed by atoms with Gasteiger partial charge in [0.25, 0.3) is 0 Å². The van der Waals surface area contributed by atoms with Crippen LogP contribution >= 0.6 is 0 Å². The van der Waals surface area contributed by atoms with Crippen molar-refractivity contribution in [2.45, 2.75) is 12.3 Å². The highest BCUT2D eigenvalue weighted by molar-refractivity contribution is 5.98. The molecule has 0 heterocycles. The zero-order valence-corrected chi connectivity index (χ0v) is 15.2. The van der Waals surface area contributed by atoms with Crippen LogP contribution < -0.4 is 0 Å². The Bertz CT molecular complexity index is 1210. The third-order valence-electron chi connectivity index (χ3n) is 6.21. The standard InChI is InChI=1S/C27H18/c1-18-14-16-22-21-10-4-7-13-25(21)27(26(22)17-15-18)23-11-5-2-8-19(23)20-9-3-6-12-24(20)27/h2-14,16-17H,1H3. The van der Waals surface area contributed by atoms with Crippen molar-refractivity contribution in [1.29, 1.82) is 0 Å². The van der Waals surface area contributed by atoms with Gasteiger partial charge in [-0.05, 0) is 63.1 Å². The molecule has 3 aliphatic carbocycles. The van der Waals surface area contributed by atoms with Crippen LogP contribution in [0, 0.1) is 0 Å². The van der Waals surface area contributed by atoms with Crippen LogP contribution in [0.4, 0.5) is 0 Å². The Hall–Kier alpha value is -3.34. The summed E-state index contributed by atoms with van der Waals surface area (Å²) >= 11 is 0. The van der Waals surface area contributed by atoms with Crippen molar-refractivity contribution in [2.75, 3.05) is 0 Å². The minimum atomic E-state index is -0.249. The third kappa shape index (κ3) is 1.69. The first kappa shape index (κ1) is 14.8. The van der Waals surface area contributed by atoms with Crippen molar-refractivity contribution in [3.05, 3.63) is 130 Å². The lowest BCUT2D eigenvalue weighted by molar-refractivity contribution is 0.786. The van der Waals surface area contributed by atoms with Gasteiger partial charge in [0.05, 0.1) is 5.41 Å². The second-order valence-corrected chi connectivity index (χ2v) is 7.52. The van der Waals surface area contributed by atoms with Gasteiger partial charge in [0.1, 0.15) is 0 Å². The molecule has 0 unspecified atom stereocenters. The van der Waals surface area contributed by atoms with Gasteiger partial charge in [-0.15, -0.1) is 5.73 Å². The molecule has 0 amide bonds. The number of allylic oxidation sites excluding steroid dienone is 5. The SMILES string of the molecule is CC1=C=CC2=C(C=C1)c1ccccc1C21c2ccccc2-c2ccccc21. The van der Waals surface area contributed by atoms with Crippen molar-refractivity contribution in [3.8, 4) is 11.1 Å². The molecule has 6 rings (SSSR count). The highest BCUT2D eigenvalue weighted by Gasteiger charge is 2.51. The number of hydrogen-bond donors (Lipinski definition) is 0. The molecule has 0 fully saturated rings. The van der Waals surface area contributed by atoms with E-state index in [0.29, 0.717) is 0 Å². The summed E-state index contributed by atoms with van der Waals surface area (Å²) < 4.78 is 0. The summed E-state index contributed by atoms with van der Waals surface area (Å²) in [6.07, 6.45) is 6.68. The summed E-state index contributed by atoms with van der Waals surface area (Å²) in [6.45, 7) is 2.12. The highest BCUT2D eigenvalue weighted by atomic mass is 14.5. The molecular weight excluding hydrogens is 324 g/mol. The van der Waals surface area contributed by atoms with Crippen LogP contribution in [-0.2, 0) is 5.41 Å². The Morgan fingerprint density at radius 1 is 0.630 bits per heavy atom. The van der Waals surface area contributed by atoms with E-state index in [-0.39, 0.29) is 5.41 Å². The van der Waals surface area contributed by atoms with Gasteiger partial charge in [-0.2, -0.15) is 0 Å². The lowest BCUT2D eigenvalue weighted by Gasteiger charge is -2.31. The van der Waals surface area contributed by atoms with E-state index in [2.05, 4.69) is 104 Å². The lowest BCUT2D eigenvalue weighted by atomic mass is 9.69. The second kappa shape index (κ2) is 5.10. The smallest absolute Gasteiger partial charge is 0.0731 e. The molecular formula is C27H18. The van der Waals surface area contributed by atoms with Gasteiger partial charge in [-0.3, -0.25) is 0 Å². The molecule has 126 valence electrons. The van der Waals surface area contributed by atoms with Crippen LogP contribution in [-0.4, -0.2) is 0 Å². The van der Waals surface area contributed by atoms with Gasteiger partial charge in [0.15, 0.2) is 0 Å². The average Bonchev–Trinajstić information content (AvgIpc) is 3.08. The van der Waals surface area contributed by atoms with Crippen LogP contribution in [0.1, 0.15) is 29.2 Å². The summed E-state index contributed by atoms with van der Waals surface area (Å²) in [7, 11) is 0. The molecule has 3 aromatic carbocycles. The molecule has 3 aliphatic rings. The summed E-state index contributed by atoms with van der Waals surface area (Å²) in [5, 5.41) is 0. The molecule has 3 aromatic rings. The maximum atomic E-state index is 3.51. The first-order valence-corrected chi connectivity index (χ1v) is 9.47. The maximum Gasteiger partial charge on any atom is 0.0731 e. The Labute approximate surface area is 159 Å². The zero-order valence-electron chi connectivity index (χ0n) is 15.2. The van der Waals surface area contributed by atoms with E-state index < -0.39 is 0 Å². The van der Waals surface area contributed by atoms with E-state index in [9.17, 15) is 0 Å². The number of rotatable bonds is 0. The van der Waals surface area contributed by atoms with E-state index in [1.807, 2.05) is 0 Å². The predicted octanol–water partition coefficient (Wildman–Crippen LogP) is 6.44. The van der Waals surface area contributed by atoms with Crippen molar-refractivity contribution in [1.82, 2.24) is 0 Å². The first-order chi connectivity index (χ1) is 13.3. The summed E-state index contributed by atoms with van der Waals surface area (Å²) in [5.41, 5.74) is 15.3. The van der Waals surface area contributed by atoms with Crippen molar-refractivity contribution in [2.24, 2.45) is 0 Å². The summed E-state index contributed by atoms with van der Waals surface area (Å²) in [5.74, 6) is 0. The lowest BCUT2D eigenvalue weighted by Crippen LogP contribution is -2.26. The largest absolute Gasteiger partial charge is 0.117 e. The monoisotopic (exact) mass is 342 g/mol.